The average molecular weight is 396 g/mol. The number of anilines is 3. The molecule has 1 aliphatic heterocycles. The number of nitrogens with one attached hydrogen (secondary N) is 2. The van der Waals surface area contributed by atoms with Crippen molar-refractivity contribution in [3.63, 3.8) is 0 Å². The number of fused-ring (bicyclic) bond motifs is 3. The van der Waals surface area contributed by atoms with Gasteiger partial charge < -0.3 is 15.5 Å². The summed E-state index contributed by atoms with van der Waals surface area (Å²) in [6.07, 6.45) is 9.73. The lowest BCUT2D eigenvalue weighted by Gasteiger charge is -2.32. The van der Waals surface area contributed by atoms with Gasteiger partial charge in [0.25, 0.3) is 0 Å². The first kappa shape index (κ1) is 18.4. The molecule has 1 unspecified atom stereocenters. The molecule has 0 spiro atoms. The first-order valence-corrected chi connectivity index (χ1v) is 10.7. The Morgan fingerprint density at radius 2 is 2.14 bits per heavy atom. The van der Waals surface area contributed by atoms with Crippen molar-refractivity contribution < 1.29 is 4.79 Å². The summed E-state index contributed by atoms with van der Waals surface area (Å²) in [6.45, 7) is 5.43. The molecular formula is C21H29N7O. The van der Waals surface area contributed by atoms with Crippen molar-refractivity contribution in [3.8, 4) is 0 Å². The molecule has 3 heterocycles. The SMILES string of the molecule is Cc1nc(NCc2cnn(C[C@@H]3CC4CC[C@@H]3C4)c2)nc2c1NC(=O)[C@H](C)N2C. The minimum atomic E-state index is -0.256. The van der Waals surface area contributed by atoms with E-state index in [4.69, 9.17) is 0 Å². The van der Waals surface area contributed by atoms with Gasteiger partial charge in [0.05, 0.1) is 11.9 Å². The molecule has 29 heavy (non-hydrogen) atoms. The zero-order valence-corrected chi connectivity index (χ0v) is 17.4. The number of hydrogen-bond donors (Lipinski definition) is 2. The highest BCUT2D eigenvalue weighted by molar-refractivity contribution is 6.03. The van der Waals surface area contributed by atoms with Crippen molar-refractivity contribution in [1.29, 1.82) is 0 Å². The summed E-state index contributed by atoms with van der Waals surface area (Å²) in [7, 11) is 1.89. The minimum absolute atomic E-state index is 0.0321. The molecule has 154 valence electrons. The maximum Gasteiger partial charge on any atom is 0.246 e. The van der Waals surface area contributed by atoms with Crippen molar-refractivity contribution >= 4 is 23.4 Å². The van der Waals surface area contributed by atoms with Gasteiger partial charge in [0.1, 0.15) is 11.7 Å². The third-order valence-electron chi connectivity index (χ3n) is 7.06. The van der Waals surface area contributed by atoms with Gasteiger partial charge in [0.2, 0.25) is 11.9 Å². The van der Waals surface area contributed by atoms with Gasteiger partial charge in [0.15, 0.2) is 5.82 Å². The first-order chi connectivity index (χ1) is 14.0. The molecular weight excluding hydrogens is 366 g/mol. The van der Waals surface area contributed by atoms with Gasteiger partial charge in [-0.25, -0.2) is 4.98 Å². The highest BCUT2D eigenvalue weighted by atomic mass is 16.2. The van der Waals surface area contributed by atoms with Crippen LogP contribution in [0.25, 0.3) is 0 Å². The first-order valence-electron chi connectivity index (χ1n) is 10.7. The molecule has 2 bridgehead atoms. The summed E-state index contributed by atoms with van der Waals surface area (Å²) in [4.78, 5) is 23.1. The topological polar surface area (TPSA) is 88.0 Å². The quantitative estimate of drug-likeness (QED) is 0.809. The fourth-order valence-electron chi connectivity index (χ4n) is 5.24. The van der Waals surface area contributed by atoms with Gasteiger partial charge >= 0.3 is 0 Å². The number of aromatic nitrogens is 4. The van der Waals surface area contributed by atoms with E-state index in [0.717, 1.165) is 41.4 Å². The predicted molar refractivity (Wildman–Crippen MR) is 112 cm³/mol. The van der Waals surface area contributed by atoms with Crippen LogP contribution in [0.15, 0.2) is 12.4 Å². The Morgan fingerprint density at radius 3 is 2.90 bits per heavy atom. The van der Waals surface area contributed by atoms with Crippen LogP contribution in [-0.2, 0) is 17.9 Å². The van der Waals surface area contributed by atoms with Gasteiger partial charge in [0, 0.05) is 31.9 Å². The lowest BCUT2D eigenvalue weighted by atomic mass is 9.89. The van der Waals surface area contributed by atoms with E-state index in [0.29, 0.717) is 18.2 Å². The Labute approximate surface area is 171 Å². The smallest absolute Gasteiger partial charge is 0.246 e. The summed E-state index contributed by atoms with van der Waals surface area (Å²) < 4.78 is 2.10. The van der Waals surface area contributed by atoms with E-state index in [2.05, 4.69) is 36.6 Å². The van der Waals surface area contributed by atoms with E-state index in [1.54, 1.807) is 0 Å². The van der Waals surface area contributed by atoms with E-state index in [1.807, 2.05) is 32.0 Å². The Hall–Kier alpha value is -2.64. The number of amides is 1. The molecule has 8 heteroatoms. The van der Waals surface area contributed by atoms with Crippen LogP contribution in [0, 0.1) is 24.7 Å². The van der Waals surface area contributed by atoms with E-state index in [-0.39, 0.29) is 11.9 Å². The van der Waals surface area contributed by atoms with Crippen LogP contribution < -0.4 is 15.5 Å². The van der Waals surface area contributed by atoms with Crippen molar-refractivity contribution in [2.75, 3.05) is 22.6 Å². The molecule has 2 aliphatic carbocycles. The summed E-state index contributed by atoms with van der Waals surface area (Å²) in [5.74, 6) is 3.97. The number of aryl methyl sites for hydroxylation is 1. The lowest BCUT2D eigenvalue weighted by Crippen LogP contribution is -2.44. The Bertz CT molecular complexity index is 939. The van der Waals surface area contributed by atoms with Crippen LogP contribution in [0.2, 0.25) is 0 Å². The van der Waals surface area contributed by atoms with Crippen molar-refractivity contribution in [3.05, 3.63) is 23.7 Å². The molecule has 2 aromatic rings. The van der Waals surface area contributed by atoms with Crippen molar-refractivity contribution in [1.82, 2.24) is 19.7 Å². The molecule has 0 aromatic carbocycles. The summed E-state index contributed by atoms with van der Waals surface area (Å²) >= 11 is 0. The molecule has 3 aliphatic rings. The normalized spacial score (nSPS) is 27.8. The zero-order chi connectivity index (χ0) is 20.1. The van der Waals surface area contributed by atoms with Crippen molar-refractivity contribution in [2.24, 2.45) is 17.8 Å². The molecule has 5 rings (SSSR count). The molecule has 2 saturated carbocycles. The molecule has 2 aromatic heterocycles. The van der Waals surface area contributed by atoms with E-state index >= 15 is 0 Å². The summed E-state index contributed by atoms with van der Waals surface area (Å²) in [6, 6.07) is -0.256. The summed E-state index contributed by atoms with van der Waals surface area (Å²) in [5, 5.41) is 10.8. The molecule has 0 radical (unpaired) electrons. The monoisotopic (exact) mass is 395 g/mol. The predicted octanol–water partition coefficient (Wildman–Crippen LogP) is 2.81. The molecule has 2 N–H and O–H groups in total. The number of carbonyl (C=O) groups is 1. The lowest BCUT2D eigenvalue weighted by molar-refractivity contribution is -0.117. The van der Waals surface area contributed by atoms with Gasteiger partial charge in [-0.1, -0.05) is 6.42 Å². The second kappa shape index (κ2) is 7.00. The van der Waals surface area contributed by atoms with Gasteiger partial charge in [-0.05, 0) is 50.9 Å². The molecule has 0 saturated heterocycles. The van der Waals surface area contributed by atoms with Gasteiger partial charge in [-0.15, -0.1) is 0 Å². The van der Waals surface area contributed by atoms with Gasteiger partial charge in [-0.3, -0.25) is 9.48 Å². The van der Waals surface area contributed by atoms with Gasteiger partial charge in [-0.2, -0.15) is 10.1 Å². The summed E-state index contributed by atoms with van der Waals surface area (Å²) in [5.41, 5.74) is 2.58. The Morgan fingerprint density at radius 1 is 1.28 bits per heavy atom. The number of likely N-dealkylation sites (N-methyl/N-ethyl adjacent to an activating group) is 1. The molecule has 8 nitrogen and oxygen atoms in total. The fourth-order valence-corrected chi connectivity index (χ4v) is 5.24. The number of rotatable bonds is 5. The van der Waals surface area contributed by atoms with Crippen LogP contribution in [0.4, 0.5) is 17.5 Å². The van der Waals surface area contributed by atoms with Crippen LogP contribution >= 0.6 is 0 Å². The second-order valence-electron chi connectivity index (χ2n) is 8.97. The fraction of sp³-hybridized carbons (Fsp3) is 0.619. The maximum atomic E-state index is 12.0. The largest absolute Gasteiger partial charge is 0.350 e. The maximum absolute atomic E-state index is 12.0. The second-order valence-corrected chi connectivity index (χ2v) is 8.97. The highest BCUT2D eigenvalue weighted by Gasteiger charge is 2.39. The Balaban J connectivity index is 1.25. The average Bonchev–Trinajstić information content (AvgIpc) is 3.43. The van der Waals surface area contributed by atoms with E-state index < -0.39 is 0 Å². The van der Waals surface area contributed by atoms with Crippen LogP contribution in [-0.4, -0.2) is 38.7 Å². The van der Waals surface area contributed by atoms with Crippen LogP contribution in [0.1, 0.15) is 43.9 Å². The molecule has 2 fully saturated rings. The van der Waals surface area contributed by atoms with Crippen LogP contribution in [0.3, 0.4) is 0 Å². The number of nitrogens with zero attached hydrogens (tertiary/aromatic N) is 5. The van der Waals surface area contributed by atoms with Crippen LogP contribution in [0.5, 0.6) is 0 Å². The third-order valence-corrected chi connectivity index (χ3v) is 7.06. The minimum Gasteiger partial charge on any atom is -0.350 e. The van der Waals surface area contributed by atoms with E-state index in [1.165, 1.54) is 25.7 Å². The standard InChI is InChI=1S/C21H29N7O/c1-12-18-19(27(3)13(2)20(29)25-18)26-21(24-12)22-8-15-9-23-28(10-15)11-17-7-14-4-5-16(17)6-14/h9-10,13-14,16-17H,4-8,11H2,1-3H3,(H,25,29)(H,22,24,26)/t13-,14?,16+,17-/m0/s1. The number of carbonyl (C=O) groups excluding carboxylic acids is 1. The Kier molecular flexibility index (Phi) is 4.44. The number of hydrogen-bond acceptors (Lipinski definition) is 6. The molecule has 4 atom stereocenters. The van der Waals surface area contributed by atoms with E-state index in [9.17, 15) is 4.79 Å². The van der Waals surface area contributed by atoms with Crippen molar-refractivity contribution in [2.45, 2.75) is 58.7 Å². The highest BCUT2D eigenvalue weighted by Crippen LogP contribution is 2.48. The zero-order valence-electron chi connectivity index (χ0n) is 17.4. The third kappa shape index (κ3) is 3.34. The molecule has 1 amide bonds.